The third-order valence-electron chi connectivity index (χ3n) is 3.55. The van der Waals surface area contributed by atoms with Crippen LogP contribution in [0.1, 0.15) is 12.7 Å². The van der Waals surface area contributed by atoms with Gasteiger partial charge in [-0.2, -0.15) is 4.98 Å². The minimum Gasteiger partial charge on any atom is -0.334 e. The van der Waals surface area contributed by atoms with Crippen molar-refractivity contribution in [3.8, 4) is 22.2 Å². The van der Waals surface area contributed by atoms with E-state index in [1.165, 1.54) is 11.8 Å². The van der Waals surface area contributed by atoms with E-state index in [1.54, 1.807) is 29.7 Å². The van der Waals surface area contributed by atoms with E-state index in [2.05, 4.69) is 36.8 Å². The number of hydrogen-bond donors (Lipinski definition) is 0. The number of halogens is 1. The van der Waals surface area contributed by atoms with E-state index < -0.39 is 0 Å². The van der Waals surface area contributed by atoms with Crippen molar-refractivity contribution in [3.05, 3.63) is 46.8 Å². The van der Waals surface area contributed by atoms with Gasteiger partial charge in [0.25, 0.3) is 5.89 Å². The molecule has 4 heterocycles. The molecule has 0 aliphatic carbocycles. The van der Waals surface area contributed by atoms with Gasteiger partial charge in [0, 0.05) is 18.3 Å². The van der Waals surface area contributed by atoms with Crippen LogP contribution < -0.4 is 0 Å². The van der Waals surface area contributed by atoms with Crippen LogP contribution in [-0.2, 0) is 12.3 Å². The molecule has 0 bridgehead atoms. The molecule has 0 saturated heterocycles. The topological polar surface area (TPSA) is 82.5 Å². The van der Waals surface area contributed by atoms with Crippen molar-refractivity contribution >= 4 is 34.7 Å². The number of pyridine rings is 1. The molecule has 7 nitrogen and oxygen atoms in total. The normalized spacial score (nSPS) is 11.2. The summed E-state index contributed by atoms with van der Waals surface area (Å²) >= 11 is 9.07. The second-order valence-electron chi connectivity index (χ2n) is 5.20. The molecule has 0 atom stereocenters. The van der Waals surface area contributed by atoms with Gasteiger partial charge in [-0.1, -0.05) is 34.6 Å². The zero-order chi connectivity index (χ0) is 17.9. The SMILES string of the molecule is CCn1c(SCc2noc(-c3ccnc(Cl)c3)n2)nnc1-c1cccs1. The molecule has 0 radical (unpaired) electrons. The predicted molar refractivity (Wildman–Crippen MR) is 101 cm³/mol. The quantitative estimate of drug-likeness (QED) is 0.347. The summed E-state index contributed by atoms with van der Waals surface area (Å²) < 4.78 is 7.40. The van der Waals surface area contributed by atoms with Crippen LogP contribution in [0.5, 0.6) is 0 Å². The highest BCUT2D eigenvalue weighted by atomic mass is 35.5. The van der Waals surface area contributed by atoms with E-state index >= 15 is 0 Å². The minimum atomic E-state index is 0.383. The molecule has 0 amide bonds. The Labute approximate surface area is 162 Å². The Morgan fingerprint density at radius 2 is 2.23 bits per heavy atom. The molecule has 0 spiro atoms. The van der Waals surface area contributed by atoms with Crippen molar-refractivity contribution in [1.82, 2.24) is 29.9 Å². The average molecular weight is 405 g/mol. The molecule has 0 N–H and O–H groups in total. The summed E-state index contributed by atoms with van der Waals surface area (Å²) in [4.78, 5) is 9.45. The molecule has 0 aromatic carbocycles. The van der Waals surface area contributed by atoms with E-state index in [4.69, 9.17) is 16.1 Å². The maximum atomic E-state index is 5.90. The Morgan fingerprint density at radius 3 is 3.00 bits per heavy atom. The van der Waals surface area contributed by atoms with Gasteiger partial charge in [0.2, 0.25) is 0 Å². The van der Waals surface area contributed by atoms with Crippen LogP contribution in [-0.4, -0.2) is 29.9 Å². The Hall–Kier alpha value is -2.23. The van der Waals surface area contributed by atoms with E-state index in [9.17, 15) is 0 Å². The number of thiophene rings is 1. The monoisotopic (exact) mass is 404 g/mol. The summed E-state index contributed by atoms with van der Waals surface area (Å²) in [5, 5.41) is 15.9. The van der Waals surface area contributed by atoms with Gasteiger partial charge in [0.05, 0.1) is 10.6 Å². The molecule has 0 unspecified atom stereocenters. The average Bonchev–Trinajstić information content (AvgIpc) is 3.39. The molecule has 0 aliphatic rings. The maximum absolute atomic E-state index is 5.90. The van der Waals surface area contributed by atoms with Crippen molar-refractivity contribution < 1.29 is 4.52 Å². The molecular formula is C16H13ClN6OS2. The first kappa shape index (κ1) is 17.2. The van der Waals surface area contributed by atoms with Crippen molar-refractivity contribution in [2.75, 3.05) is 0 Å². The van der Waals surface area contributed by atoms with Crippen molar-refractivity contribution in [2.24, 2.45) is 0 Å². The van der Waals surface area contributed by atoms with Gasteiger partial charge in [-0.15, -0.1) is 21.5 Å². The summed E-state index contributed by atoms with van der Waals surface area (Å²) in [5.74, 6) is 2.41. The van der Waals surface area contributed by atoms with Crippen LogP contribution in [0.15, 0.2) is 45.5 Å². The van der Waals surface area contributed by atoms with Gasteiger partial charge < -0.3 is 9.09 Å². The molecule has 0 aliphatic heterocycles. The third-order valence-corrected chi connectivity index (χ3v) is 5.58. The van der Waals surface area contributed by atoms with Crippen LogP contribution in [0.4, 0.5) is 0 Å². The summed E-state index contributed by atoms with van der Waals surface area (Å²) in [6.07, 6.45) is 1.60. The highest BCUT2D eigenvalue weighted by Gasteiger charge is 2.16. The lowest BCUT2D eigenvalue weighted by Gasteiger charge is -2.04. The molecule has 26 heavy (non-hydrogen) atoms. The molecule has 0 saturated carbocycles. The Balaban J connectivity index is 1.50. The molecule has 10 heteroatoms. The molecule has 4 aromatic rings. The largest absolute Gasteiger partial charge is 0.334 e. The summed E-state index contributed by atoms with van der Waals surface area (Å²) in [5.41, 5.74) is 0.741. The second-order valence-corrected chi connectivity index (χ2v) is 7.48. The lowest BCUT2D eigenvalue weighted by atomic mass is 10.3. The van der Waals surface area contributed by atoms with E-state index in [0.29, 0.717) is 22.6 Å². The molecular weight excluding hydrogens is 392 g/mol. The fraction of sp³-hybridized carbons (Fsp3) is 0.188. The second kappa shape index (κ2) is 7.56. The summed E-state index contributed by atoms with van der Waals surface area (Å²) in [6.45, 7) is 2.86. The van der Waals surface area contributed by atoms with Crippen molar-refractivity contribution in [1.29, 1.82) is 0 Å². The molecule has 4 aromatic heterocycles. The Bertz CT molecular complexity index is 1010. The zero-order valence-electron chi connectivity index (χ0n) is 13.7. The lowest BCUT2D eigenvalue weighted by Crippen LogP contribution is -1.99. The fourth-order valence-corrected chi connectivity index (χ4v) is 4.10. The Morgan fingerprint density at radius 1 is 1.31 bits per heavy atom. The van der Waals surface area contributed by atoms with E-state index in [1.807, 2.05) is 17.5 Å². The van der Waals surface area contributed by atoms with Gasteiger partial charge >= 0.3 is 0 Å². The molecule has 132 valence electrons. The van der Waals surface area contributed by atoms with Gasteiger partial charge in [0.1, 0.15) is 5.15 Å². The number of thioether (sulfide) groups is 1. The predicted octanol–water partition coefficient (Wildman–Crippen LogP) is 4.42. The first-order chi connectivity index (χ1) is 12.7. The highest BCUT2D eigenvalue weighted by Crippen LogP contribution is 2.28. The minimum absolute atomic E-state index is 0.383. The maximum Gasteiger partial charge on any atom is 0.258 e. The van der Waals surface area contributed by atoms with Crippen LogP contribution in [0.25, 0.3) is 22.2 Å². The number of rotatable bonds is 6. The highest BCUT2D eigenvalue weighted by molar-refractivity contribution is 7.98. The third kappa shape index (κ3) is 3.50. The summed E-state index contributed by atoms with van der Waals surface area (Å²) in [7, 11) is 0. The number of nitrogens with zero attached hydrogens (tertiary/aromatic N) is 6. The van der Waals surface area contributed by atoms with Crippen LogP contribution >= 0.6 is 34.7 Å². The zero-order valence-corrected chi connectivity index (χ0v) is 16.1. The van der Waals surface area contributed by atoms with Crippen LogP contribution in [0.2, 0.25) is 5.15 Å². The molecule has 4 rings (SSSR count). The fourth-order valence-electron chi connectivity index (χ4n) is 2.36. The standard InChI is InChI=1S/C16H13ClN6OS2/c1-2-23-14(11-4-3-7-25-11)20-21-16(23)26-9-13-19-15(24-22-13)10-5-6-18-12(17)8-10/h3-8H,2,9H2,1H3. The number of hydrogen-bond acceptors (Lipinski definition) is 8. The number of aromatic nitrogens is 6. The summed E-state index contributed by atoms with van der Waals surface area (Å²) in [6, 6.07) is 7.51. The first-order valence-corrected chi connectivity index (χ1v) is 10.0. The molecule has 0 fully saturated rings. The van der Waals surface area contributed by atoms with Gasteiger partial charge in [-0.25, -0.2) is 4.98 Å². The van der Waals surface area contributed by atoms with Gasteiger partial charge in [0.15, 0.2) is 16.8 Å². The lowest BCUT2D eigenvalue weighted by molar-refractivity contribution is 0.425. The Kier molecular flexibility index (Phi) is 5.00. The van der Waals surface area contributed by atoms with Crippen LogP contribution in [0.3, 0.4) is 0 Å². The van der Waals surface area contributed by atoms with Crippen LogP contribution in [0, 0.1) is 0 Å². The van der Waals surface area contributed by atoms with E-state index in [-0.39, 0.29) is 0 Å². The van der Waals surface area contributed by atoms with Gasteiger partial charge in [-0.05, 0) is 30.5 Å². The van der Waals surface area contributed by atoms with Crippen molar-refractivity contribution in [3.63, 3.8) is 0 Å². The first-order valence-electron chi connectivity index (χ1n) is 7.79. The van der Waals surface area contributed by atoms with Gasteiger partial charge in [-0.3, -0.25) is 0 Å². The van der Waals surface area contributed by atoms with E-state index in [0.717, 1.165) is 28.0 Å². The van der Waals surface area contributed by atoms with Crippen molar-refractivity contribution in [2.45, 2.75) is 24.4 Å². The smallest absolute Gasteiger partial charge is 0.258 e.